The van der Waals surface area contributed by atoms with Crippen LogP contribution >= 0.6 is 11.6 Å². The molecule has 3 aliphatic rings. The number of fused-ring (bicyclic) bond motifs is 1. The zero-order chi connectivity index (χ0) is 23.8. The fourth-order valence-corrected chi connectivity index (χ4v) is 5.44. The summed E-state index contributed by atoms with van der Waals surface area (Å²) in [6.45, 7) is 0. The van der Waals surface area contributed by atoms with Gasteiger partial charge in [0.2, 0.25) is 5.95 Å². The lowest BCUT2D eigenvalue weighted by atomic mass is 9.46. The second kappa shape index (κ2) is 7.07. The Labute approximate surface area is 195 Å². The number of methoxy groups -OCH3 is 1. The molecule has 7 rings (SSSR count). The van der Waals surface area contributed by atoms with Gasteiger partial charge in [0.15, 0.2) is 0 Å². The molecule has 3 saturated carbocycles. The van der Waals surface area contributed by atoms with Crippen LogP contribution in [-0.2, 0) is 4.74 Å². The van der Waals surface area contributed by atoms with Gasteiger partial charge >= 0.3 is 0 Å². The average molecular weight is 488 g/mol. The number of imidazole rings is 1. The molecule has 34 heavy (non-hydrogen) atoms. The third-order valence-electron chi connectivity index (χ3n) is 6.80. The fraction of sp³-hybridized carbons (Fsp3) is 0.261. The molecule has 4 aromatic rings. The van der Waals surface area contributed by atoms with Crippen LogP contribution in [0.2, 0.25) is 5.15 Å². The third-order valence-corrected chi connectivity index (χ3v) is 7.16. The lowest BCUT2D eigenvalue weighted by Crippen LogP contribution is -2.79. The number of hydrogen-bond donors (Lipinski definition) is 2. The van der Waals surface area contributed by atoms with Crippen molar-refractivity contribution in [3.05, 3.63) is 65.0 Å². The molecule has 0 unspecified atom stereocenters. The molecule has 7 nitrogen and oxygen atoms in total. The molecule has 11 heteroatoms. The SMILES string of the molecule is COC12CC(NC(=O)c3ccn4c(Cl)c(-c5c(F)cc(F)cc5-c5cn[nH]c5F)nc4c3)(C1)C2. The predicted octanol–water partition coefficient (Wildman–Crippen LogP) is 4.51. The van der Waals surface area contributed by atoms with Crippen molar-refractivity contribution in [3.8, 4) is 22.4 Å². The molecule has 3 fully saturated rings. The van der Waals surface area contributed by atoms with E-state index in [1.807, 2.05) is 0 Å². The monoisotopic (exact) mass is 487 g/mol. The summed E-state index contributed by atoms with van der Waals surface area (Å²) in [5.41, 5.74) is -0.129. The van der Waals surface area contributed by atoms with E-state index in [2.05, 4.69) is 20.5 Å². The minimum atomic E-state index is -0.963. The number of ether oxygens (including phenoxy) is 1. The molecular weight excluding hydrogens is 471 g/mol. The summed E-state index contributed by atoms with van der Waals surface area (Å²) in [6.07, 6.45) is 5.00. The molecular formula is C23H17ClF3N5O2. The quantitative estimate of drug-likeness (QED) is 0.434. The average Bonchev–Trinajstić information content (AvgIpc) is 3.31. The number of carbonyl (C=O) groups excluding carboxylic acids is 1. The van der Waals surface area contributed by atoms with Crippen molar-refractivity contribution in [2.45, 2.75) is 30.4 Å². The maximum Gasteiger partial charge on any atom is 0.251 e. The first-order valence-electron chi connectivity index (χ1n) is 10.5. The normalized spacial score (nSPS) is 23.0. The van der Waals surface area contributed by atoms with Crippen LogP contribution in [0.25, 0.3) is 28.0 Å². The molecule has 2 N–H and O–H groups in total. The Bertz CT molecular complexity index is 1480. The Kier molecular flexibility index (Phi) is 4.40. The fourth-order valence-electron chi connectivity index (χ4n) is 5.16. The Morgan fingerprint density at radius 1 is 1.21 bits per heavy atom. The number of aromatic amines is 1. The topological polar surface area (TPSA) is 84.3 Å². The Morgan fingerprint density at radius 3 is 2.65 bits per heavy atom. The van der Waals surface area contributed by atoms with Crippen molar-refractivity contribution in [1.82, 2.24) is 24.9 Å². The van der Waals surface area contributed by atoms with Crippen molar-refractivity contribution in [3.63, 3.8) is 0 Å². The third kappa shape index (κ3) is 2.98. The van der Waals surface area contributed by atoms with Gasteiger partial charge in [-0.1, -0.05) is 11.6 Å². The van der Waals surface area contributed by atoms with Crippen molar-refractivity contribution >= 4 is 23.2 Å². The number of halogens is 4. The second-order valence-corrected chi connectivity index (χ2v) is 9.31. The van der Waals surface area contributed by atoms with E-state index in [-0.39, 0.29) is 50.2 Å². The smallest absolute Gasteiger partial charge is 0.251 e. The van der Waals surface area contributed by atoms with Gasteiger partial charge < -0.3 is 10.1 Å². The number of amides is 1. The lowest BCUT2D eigenvalue weighted by Gasteiger charge is -2.69. The Morgan fingerprint density at radius 2 is 1.97 bits per heavy atom. The number of rotatable bonds is 5. The standard InChI is InChI=1S/C23H17ClF3N5O2/c1-34-23-8-22(9-23,10-23)30-21(33)11-2-3-32-16(4-11)29-18(19(32)24)17-13(5-12(25)6-15(17)26)14-7-28-31-20(14)27/h2-7H,8-10H2,1H3,(H,28,31)(H,30,33). The first kappa shape index (κ1) is 21.2. The molecule has 1 aromatic carbocycles. The highest BCUT2D eigenvalue weighted by Gasteiger charge is 2.69. The van der Waals surface area contributed by atoms with Crippen LogP contribution in [-0.4, -0.2) is 43.7 Å². The number of benzene rings is 1. The predicted molar refractivity (Wildman–Crippen MR) is 117 cm³/mol. The highest BCUT2D eigenvalue weighted by atomic mass is 35.5. The van der Waals surface area contributed by atoms with Crippen LogP contribution in [0.15, 0.2) is 36.7 Å². The number of carbonyl (C=O) groups is 1. The maximum absolute atomic E-state index is 15.0. The summed E-state index contributed by atoms with van der Waals surface area (Å²) in [6, 6.07) is 4.77. The number of nitrogens with zero attached hydrogens (tertiary/aromatic N) is 3. The van der Waals surface area contributed by atoms with Crippen LogP contribution in [0.4, 0.5) is 13.2 Å². The second-order valence-electron chi connectivity index (χ2n) is 8.95. The summed E-state index contributed by atoms with van der Waals surface area (Å²) in [4.78, 5) is 17.2. The van der Waals surface area contributed by atoms with Gasteiger partial charge in [-0.2, -0.15) is 9.49 Å². The van der Waals surface area contributed by atoms with Gasteiger partial charge in [0, 0.05) is 41.6 Å². The van der Waals surface area contributed by atoms with E-state index < -0.39 is 17.6 Å². The zero-order valence-electron chi connectivity index (χ0n) is 17.8. The van der Waals surface area contributed by atoms with Crippen LogP contribution in [0, 0.1) is 17.6 Å². The van der Waals surface area contributed by atoms with E-state index in [4.69, 9.17) is 16.3 Å². The number of hydrogen-bond acceptors (Lipinski definition) is 4. The lowest BCUT2D eigenvalue weighted by molar-refractivity contribution is -0.233. The minimum Gasteiger partial charge on any atom is -0.378 e. The van der Waals surface area contributed by atoms with E-state index in [1.54, 1.807) is 19.4 Å². The van der Waals surface area contributed by atoms with Gasteiger partial charge in [-0.05, 0) is 37.5 Å². The van der Waals surface area contributed by atoms with Gasteiger partial charge in [0.1, 0.15) is 28.1 Å². The molecule has 1 amide bonds. The molecule has 0 saturated heterocycles. The molecule has 174 valence electrons. The summed E-state index contributed by atoms with van der Waals surface area (Å²) < 4.78 is 50.1. The van der Waals surface area contributed by atoms with Crippen LogP contribution in [0.5, 0.6) is 0 Å². The highest BCUT2D eigenvalue weighted by Crippen LogP contribution is 2.62. The van der Waals surface area contributed by atoms with Gasteiger partial charge in [-0.25, -0.2) is 13.8 Å². The summed E-state index contributed by atoms with van der Waals surface area (Å²) in [5.74, 6) is -2.97. The molecule has 3 heterocycles. The van der Waals surface area contributed by atoms with Crippen molar-refractivity contribution < 1.29 is 22.7 Å². The van der Waals surface area contributed by atoms with E-state index in [1.165, 1.54) is 10.5 Å². The number of H-pyrrole nitrogens is 1. The summed E-state index contributed by atoms with van der Waals surface area (Å²) in [7, 11) is 1.68. The van der Waals surface area contributed by atoms with Gasteiger partial charge in [0.05, 0.1) is 17.4 Å². The highest BCUT2D eigenvalue weighted by molar-refractivity contribution is 6.32. The Balaban J connectivity index is 1.39. The van der Waals surface area contributed by atoms with E-state index >= 15 is 0 Å². The van der Waals surface area contributed by atoms with Crippen LogP contribution in [0.3, 0.4) is 0 Å². The van der Waals surface area contributed by atoms with Gasteiger partial charge in [0.25, 0.3) is 5.91 Å². The minimum absolute atomic E-state index is 0.0196. The van der Waals surface area contributed by atoms with Crippen molar-refractivity contribution in [1.29, 1.82) is 0 Å². The molecule has 0 atom stereocenters. The van der Waals surface area contributed by atoms with E-state index in [0.29, 0.717) is 11.6 Å². The molecule has 0 spiro atoms. The number of nitrogens with one attached hydrogen (secondary N) is 2. The number of pyridine rings is 1. The molecule has 2 bridgehead atoms. The van der Waals surface area contributed by atoms with Crippen molar-refractivity contribution in [2.24, 2.45) is 0 Å². The van der Waals surface area contributed by atoms with Crippen LogP contribution in [0.1, 0.15) is 29.6 Å². The van der Waals surface area contributed by atoms with Crippen LogP contribution < -0.4 is 5.32 Å². The first-order chi connectivity index (χ1) is 16.2. The zero-order valence-corrected chi connectivity index (χ0v) is 18.5. The van der Waals surface area contributed by atoms with Crippen molar-refractivity contribution in [2.75, 3.05) is 7.11 Å². The van der Waals surface area contributed by atoms with E-state index in [9.17, 15) is 18.0 Å². The first-order valence-corrected chi connectivity index (χ1v) is 10.8. The molecule has 3 aromatic heterocycles. The van der Waals surface area contributed by atoms with E-state index in [0.717, 1.165) is 31.5 Å². The molecule has 0 aliphatic heterocycles. The maximum atomic E-state index is 15.0. The van der Waals surface area contributed by atoms with Gasteiger partial charge in [-0.3, -0.25) is 14.3 Å². The summed E-state index contributed by atoms with van der Waals surface area (Å²) >= 11 is 6.49. The molecule has 0 radical (unpaired) electrons. The number of aromatic nitrogens is 4. The molecule has 3 aliphatic carbocycles. The largest absolute Gasteiger partial charge is 0.378 e. The Hall–Kier alpha value is -3.37. The summed E-state index contributed by atoms with van der Waals surface area (Å²) in [5, 5.41) is 8.78. The van der Waals surface area contributed by atoms with Gasteiger partial charge in [-0.15, -0.1) is 0 Å².